The van der Waals surface area contributed by atoms with Crippen LogP contribution in [0.1, 0.15) is 5.56 Å². The Morgan fingerprint density at radius 2 is 1.65 bits per heavy atom. The topological polar surface area (TPSA) is 45.4 Å². The first kappa shape index (κ1) is 11.3. The number of ether oxygens (including phenoxy) is 2. The average Bonchev–Trinajstić information content (AvgIpc) is 2.39. The van der Waals surface area contributed by atoms with E-state index in [4.69, 9.17) is 9.47 Å². The van der Waals surface area contributed by atoms with Crippen molar-refractivity contribution in [1.82, 2.24) is 0 Å². The molecule has 0 saturated carbocycles. The van der Waals surface area contributed by atoms with Crippen LogP contribution in [-0.4, -0.2) is 7.11 Å². The predicted molar refractivity (Wildman–Crippen MR) is 62.7 cm³/mol. The van der Waals surface area contributed by atoms with Gasteiger partial charge in [-0.05, 0) is 17.7 Å². The van der Waals surface area contributed by atoms with Crippen molar-refractivity contribution >= 4 is 0 Å². The van der Waals surface area contributed by atoms with Crippen molar-refractivity contribution in [3.8, 4) is 11.5 Å². The summed E-state index contributed by atoms with van der Waals surface area (Å²) in [4.78, 5) is 0. The van der Waals surface area contributed by atoms with Crippen LogP contribution in [0.4, 0.5) is 0 Å². The zero-order valence-electron chi connectivity index (χ0n) is 9.50. The number of hydrogen-bond acceptors (Lipinski definition) is 3. The Balaban J connectivity index is 1.95. The molecule has 0 unspecified atom stereocenters. The van der Waals surface area contributed by atoms with Crippen LogP contribution in [0.15, 0.2) is 48.8 Å². The lowest BCUT2D eigenvalue weighted by molar-refractivity contribution is -0.605. The van der Waals surface area contributed by atoms with E-state index in [1.54, 1.807) is 19.2 Å². The molecular formula is C13H13NO3. The van der Waals surface area contributed by atoms with Crippen LogP contribution in [0.25, 0.3) is 0 Å². The van der Waals surface area contributed by atoms with Crippen molar-refractivity contribution in [3.63, 3.8) is 0 Å². The minimum absolute atomic E-state index is 0.465. The van der Waals surface area contributed by atoms with Crippen LogP contribution >= 0.6 is 0 Å². The highest BCUT2D eigenvalue weighted by molar-refractivity contribution is 5.27. The van der Waals surface area contributed by atoms with Crippen molar-refractivity contribution < 1.29 is 14.2 Å². The zero-order chi connectivity index (χ0) is 12.1. The van der Waals surface area contributed by atoms with Gasteiger partial charge in [-0.15, -0.1) is 0 Å². The van der Waals surface area contributed by atoms with E-state index in [0.29, 0.717) is 12.4 Å². The molecule has 17 heavy (non-hydrogen) atoms. The summed E-state index contributed by atoms with van der Waals surface area (Å²) in [5.74, 6) is 1.49. The predicted octanol–water partition coefficient (Wildman–Crippen LogP) is 1.91. The van der Waals surface area contributed by atoms with Crippen LogP contribution in [0.3, 0.4) is 0 Å². The van der Waals surface area contributed by atoms with E-state index in [0.717, 1.165) is 16.0 Å². The second-order valence-corrected chi connectivity index (χ2v) is 3.53. The maximum absolute atomic E-state index is 10.8. The number of methoxy groups -OCH3 is 1. The lowest BCUT2D eigenvalue weighted by Crippen LogP contribution is -2.23. The summed E-state index contributed by atoms with van der Waals surface area (Å²) in [7, 11) is 1.63. The van der Waals surface area contributed by atoms with Crippen molar-refractivity contribution in [2.45, 2.75) is 6.61 Å². The van der Waals surface area contributed by atoms with Gasteiger partial charge in [0.15, 0.2) is 12.4 Å². The summed E-state index contributed by atoms with van der Waals surface area (Å²) in [6.07, 6.45) is 2.81. The van der Waals surface area contributed by atoms with Crippen molar-refractivity contribution in [2.75, 3.05) is 7.11 Å². The van der Waals surface area contributed by atoms with Crippen LogP contribution < -0.4 is 14.2 Å². The number of benzene rings is 1. The van der Waals surface area contributed by atoms with Gasteiger partial charge in [-0.25, -0.2) is 0 Å². The van der Waals surface area contributed by atoms with E-state index >= 15 is 0 Å². The van der Waals surface area contributed by atoms with Crippen molar-refractivity contribution in [3.05, 3.63) is 59.6 Å². The van der Waals surface area contributed by atoms with Crippen LogP contribution in [0, 0.1) is 5.21 Å². The Morgan fingerprint density at radius 3 is 2.24 bits per heavy atom. The van der Waals surface area contributed by atoms with Gasteiger partial charge in [0, 0.05) is 12.1 Å². The summed E-state index contributed by atoms with van der Waals surface area (Å²) in [6.45, 7) is 0.465. The number of aromatic nitrogens is 1. The molecule has 2 rings (SSSR count). The van der Waals surface area contributed by atoms with Gasteiger partial charge in [-0.1, -0.05) is 12.1 Å². The number of rotatable bonds is 4. The third-order valence-electron chi connectivity index (χ3n) is 2.34. The lowest BCUT2D eigenvalue weighted by Gasteiger charge is -2.06. The number of hydrogen-bond donors (Lipinski definition) is 0. The van der Waals surface area contributed by atoms with Gasteiger partial charge in [-0.2, -0.15) is 4.73 Å². The SMILES string of the molecule is COc1ccc(COc2cc[n+]([O-])cc2)cc1. The number of pyridine rings is 1. The van der Waals surface area contributed by atoms with Crippen LogP contribution in [-0.2, 0) is 6.61 Å². The molecule has 0 aliphatic carbocycles. The van der Waals surface area contributed by atoms with Crippen molar-refractivity contribution in [1.29, 1.82) is 0 Å². The van der Waals surface area contributed by atoms with Gasteiger partial charge < -0.3 is 14.7 Å². The highest BCUT2D eigenvalue weighted by Crippen LogP contribution is 2.14. The summed E-state index contributed by atoms with van der Waals surface area (Å²) >= 11 is 0. The second kappa shape index (κ2) is 5.21. The Kier molecular flexibility index (Phi) is 3.45. The van der Waals surface area contributed by atoms with Gasteiger partial charge in [0.1, 0.15) is 18.1 Å². The molecule has 4 heteroatoms. The summed E-state index contributed by atoms with van der Waals surface area (Å²) in [5.41, 5.74) is 1.05. The fourth-order valence-electron chi connectivity index (χ4n) is 1.38. The molecule has 0 bridgehead atoms. The number of nitrogens with zero attached hydrogens (tertiary/aromatic N) is 1. The van der Waals surface area contributed by atoms with E-state index in [-0.39, 0.29) is 0 Å². The Labute approximate surface area is 99.6 Å². The molecular weight excluding hydrogens is 218 g/mol. The molecule has 0 aliphatic heterocycles. The largest absolute Gasteiger partial charge is 0.619 e. The molecule has 0 amide bonds. The van der Waals surface area contributed by atoms with E-state index in [2.05, 4.69) is 0 Å². The van der Waals surface area contributed by atoms with Gasteiger partial charge in [-0.3, -0.25) is 0 Å². The minimum atomic E-state index is 0.465. The molecule has 0 spiro atoms. The molecule has 2 aromatic rings. The Hall–Kier alpha value is -2.23. The van der Waals surface area contributed by atoms with Gasteiger partial charge in [0.2, 0.25) is 0 Å². The molecule has 1 aromatic heterocycles. The standard InChI is InChI=1S/C13H13NO3/c1-16-12-4-2-11(3-5-12)10-17-13-6-8-14(15)9-7-13/h2-9H,10H2,1H3. The first-order valence-electron chi connectivity index (χ1n) is 5.22. The molecule has 1 aromatic carbocycles. The third kappa shape index (κ3) is 3.11. The molecule has 1 heterocycles. The molecule has 4 nitrogen and oxygen atoms in total. The first-order chi connectivity index (χ1) is 8.28. The van der Waals surface area contributed by atoms with E-state index in [1.807, 2.05) is 24.3 Å². The molecule has 88 valence electrons. The fourth-order valence-corrected chi connectivity index (χ4v) is 1.38. The summed E-state index contributed by atoms with van der Waals surface area (Å²) in [6, 6.07) is 10.9. The van der Waals surface area contributed by atoms with Crippen LogP contribution in [0.2, 0.25) is 0 Å². The quantitative estimate of drug-likeness (QED) is 0.596. The zero-order valence-corrected chi connectivity index (χ0v) is 9.50. The van der Waals surface area contributed by atoms with E-state index in [1.165, 1.54) is 12.4 Å². The van der Waals surface area contributed by atoms with E-state index in [9.17, 15) is 5.21 Å². The first-order valence-corrected chi connectivity index (χ1v) is 5.22. The maximum atomic E-state index is 10.8. The molecule has 0 atom stereocenters. The molecule has 0 radical (unpaired) electrons. The second-order valence-electron chi connectivity index (χ2n) is 3.53. The van der Waals surface area contributed by atoms with Gasteiger partial charge in [0.25, 0.3) is 0 Å². The molecule has 0 saturated heterocycles. The minimum Gasteiger partial charge on any atom is -0.619 e. The monoisotopic (exact) mass is 231 g/mol. The Bertz CT molecular complexity index is 465. The van der Waals surface area contributed by atoms with Crippen LogP contribution in [0.5, 0.6) is 11.5 Å². The highest BCUT2D eigenvalue weighted by Gasteiger charge is 1.98. The smallest absolute Gasteiger partial charge is 0.184 e. The molecule has 0 aliphatic rings. The average molecular weight is 231 g/mol. The van der Waals surface area contributed by atoms with Crippen molar-refractivity contribution in [2.24, 2.45) is 0 Å². The Morgan fingerprint density at radius 1 is 1.00 bits per heavy atom. The van der Waals surface area contributed by atoms with Gasteiger partial charge >= 0.3 is 0 Å². The maximum Gasteiger partial charge on any atom is 0.184 e. The molecule has 0 fully saturated rings. The van der Waals surface area contributed by atoms with Gasteiger partial charge in [0.05, 0.1) is 7.11 Å². The molecule has 0 N–H and O–H groups in total. The summed E-state index contributed by atoms with van der Waals surface area (Å²) in [5, 5.41) is 10.8. The highest BCUT2D eigenvalue weighted by atomic mass is 16.5. The normalized spacial score (nSPS) is 9.94. The third-order valence-corrected chi connectivity index (χ3v) is 2.34. The summed E-state index contributed by atoms with van der Waals surface area (Å²) < 4.78 is 11.3. The lowest BCUT2D eigenvalue weighted by atomic mass is 10.2. The van der Waals surface area contributed by atoms with E-state index < -0.39 is 0 Å². The fraction of sp³-hybridized carbons (Fsp3) is 0.154.